The summed E-state index contributed by atoms with van der Waals surface area (Å²) in [6.07, 6.45) is -4.49. The molecule has 5 rings (SSSR count). The van der Waals surface area contributed by atoms with Crippen LogP contribution in [-0.4, -0.2) is 64.7 Å². The number of ketones is 2. The summed E-state index contributed by atoms with van der Waals surface area (Å²) in [6, 6.07) is 0. The van der Waals surface area contributed by atoms with Crippen molar-refractivity contribution in [2.75, 3.05) is 7.11 Å². The fourth-order valence-corrected chi connectivity index (χ4v) is 5.39. The minimum atomic E-state index is -2.31. The Morgan fingerprint density at radius 3 is 2.54 bits per heavy atom. The van der Waals surface area contributed by atoms with E-state index < -0.39 is 53.3 Å². The lowest BCUT2D eigenvalue weighted by atomic mass is 9.82. The van der Waals surface area contributed by atoms with E-state index in [1.54, 1.807) is 20.8 Å². The molecule has 0 bridgehead atoms. The maximum atomic E-state index is 13.8. The number of methoxy groups -OCH3 is 1. The van der Waals surface area contributed by atoms with Crippen LogP contribution in [0.25, 0.3) is 5.57 Å². The molecule has 1 saturated heterocycles. The highest BCUT2D eigenvalue weighted by Gasteiger charge is 2.63. The van der Waals surface area contributed by atoms with E-state index in [2.05, 4.69) is 0 Å². The fraction of sp³-hybridized carbons (Fsp3) is 0.480. The van der Waals surface area contributed by atoms with Gasteiger partial charge in [-0.05, 0) is 33.3 Å². The van der Waals surface area contributed by atoms with E-state index in [0.717, 1.165) is 0 Å². The molecule has 186 valence electrons. The number of aliphatic hydroxyl groups is 3. The van der Waals surface area contributed by atoms with Crippen LogP contribution in [0, 0.1) is 6.92 Å². The van der Waals surface area contributed by atoms with E-state index >= 15 is 0 Å². The van der Waals surface area contributed by atoms with Gasteiger partial charge in [-0.3, -0.25) is 14.4 Å². The molecule has 0 unspecified atom stereocenters. The molecule has 0 aromatic heterocycles. The van der Waals surface area contributed by atoms with E-state index in [4.69, 9.17) is 18.9 Å². The molecular weight excluding hydrogens is 460 g/mol. The highest BCUT2D eigenvalue weighted by Crippen LogP contribution is 2.55. The maximum absolute atomic E-state index is 13.8. The third kappa shape index (κ3) is 2.91. The number of hydrogen-bond acceptors (Lipinski definition) is 10. The van der Waals surface area contributed by atoms with Crippen molar-refractivity contribution in [1.29, 1.82) is 0 Å². The molecular formula is C25H26O10. The summed E-state index contributed by atoms with van der Waals surface area (Å²) in [5.41, 5.74) is -3.39. The van der Waals surface area contributed by atoms with Crippen LogP contribution in [0.3, 0.4) is 0 Å². The van der Waals surface area contributed by atoms with Gasteiger partial charge in [0.05, 0.1) is 17.2 Å². The molecule has 0 saturated carbocycles. The van der Waals surface area contributed by atoms with Crippen molar-refractivity contribution in [2.45, 2.75) is 70.4 Å². The van der Waals surface area contributed by atoms with E-state index in [1.807, 2.05) is 0 Å². The van der Waals surface area contributed by atoms with Gasteiger partial charge in [-0.1, -0.05) is 6.92 Å². The molecule has 4 aliphatic rings. The normalized spacial score (nSPS) is 31.2. The molecule has 0 amide bonds. The molecule has 6 atom stereocenters. The molecule has 3 N–H and O–H groups in total. The molecule has 1 aromatic rings. The molecule has 1 aliphatic carbocycles. The van der Waals surface area contributed by atoms with Gasteiger partial charge in [-0.25, -0.2) is 0 Å². The minimum absolute atomic E-state index is 0.0439. The van der Waals surface area contributed by atoms with Gasteiger partial charge in [-0.2, -0.15) is 0 Å². The van der Waals surface area contributed by atoms with Gasteiger partial charge >= 0.3 is 0 Å². The second-order valence-corrected chi connectivity index (χ2v) is 9.26. The summed E-state index contributed by atoms with van der Waals surface area (Å²) < 4.78 is 22.9. The third-order valence-corrected chi connectivity index (χ3v) is 7.21. The van der Waals surface area contributed by atoms with E-state index in [-0.39, 0.29) is 57.1 Å². The highest BCUT2D eigenvalue weighted by molar-refractivity contribution is 6.37. The maximum Gasteiger partial charge on any atom is 0.236 e. The van der Waals surface area contributed by atoms with Crippen molar-refractivity contribution >= 4 is 17.1 Å². The van der Waals surface area contributed by atoms with Crippen LogP contribution in [0.2, 0.25) is 0 Å². The predicted molar refractivity (Wildman–Crippen MR) is 120 cm³/mol. The summed E-state index contributed by atoms with van der Waals surface area (Å²) in [5.74, 6) is -1.41. The Labute approximate surface area is 200 Å². The zero-order valence-electron chi connectivity index (χ0n) is 19.9. The smallest absolute Gasteiger partial charge is 0.236 e. The van der Waals surface area contributed by atoms with Crippen LogP contribution in [0.1, 0.15) is 54.2 Å². The number of rotatable bonds is 4. The van der Waals surface area contributed by atoms with Crippen LogP contribution >= 0.6 is 0 Å². The number of ether oxygens (including phenoxy) is 4. The number of fused-ring (bicyclic) bond motifs is 4. The van der Waals surface area contributed by atoms with Gasteiger partial charge in [-0.15, -0.1) is 0 Å². The van der Waals surface area contributed by atoms with Gasteiger partial charge in [0, 0.05) is 29.4 Å². The Morgan fingerprint density at radius 1 is 1.23 bits per heavy atom. The molecule has 3 aliphatic heterocycles. The molecule has 0 spiro atoms. The van der Waals surface area contributed by atoms with Gasteiger partial charge in [0.1, 0.15) is 24.1 Å². The van der Waals surface area contributed by atoms with E-state index in [1.165, 1.54) is 20.1 Å². The fourth-order valence-electron chi connectivity index (χ4n) is 5.39. The summed E-state index contributed by atoms with van der Waals surface area (Å²) in [6.45, 7) is 6.23. The summed E-state index contributed by atoms with van der Waals surface area (Å²) >= 11 is 0. The summed E-state index contributed by atoms with van der Waals surface area (Å²) in [4.78, 5) is 40.2. The second-order valence-electron chi connectivity index (χ2n) is 9.26. The number of allylic oxidation sites excluding steroid dienone is 3. The number of carbonyl (C=O) groups excluding carboxylic acids is 2. The third-order valence-electron chi connectivity index (χ3n) is 7.21. The Hall–Kier alpha value is -2.89. The van der Waals surface area contributed by atoms with Crippen LogP contribution < -0.4 is 14.9 Å². The minimum Gasteiger partial charge on any atom is -0.457 e. The predicted octanol–water partition coefficient (Wildman–Crippen LogP) is 0.642. The first-order valence-corrected chi connectivity index (χ1v) is 11.4. The van der Waals surface area contributed by atoms with Gasteiger partial charge in [0.15, 0.2) is 34.1 Å². The molecule has 3 heterocycles. The Kier molecular flexibility index (Phi) is 5.32. The van der Waals surface area contributed by atoms with E-state index in [9.17, 15) is 29.7 Å². The van der Waals surface area contributed by atoms with Gasteiger partial charge in [0.25, 0.3) is 0 Å². The number of carbonyl (C=O) groups is 2. The zero-order valence-corrected chi connectivity index (χ0v) is 19.9. The van der Waals surface area contributed by atoms with Crippen molar-refractivity contribution in [3.8, 4) is 11.5 Å². The Morgan fingerprint density at radius 2 is 1.91 bits per heavy atom. The Balaban J connectivity index is 1.85. The lowest BCUT2D eigenvalue weighted by Crippen LogP contribution is -2.64. The Bertz CT molecular complexity index is 1310. The second kappa shape index (κ2) is 7.81. The average Bonchev–Trinajstić information content (AvgIpc) is 3.25. The molecule has 10 nitrogen and oxygen atoms in total. The first kappa shape index (κ1) is 23.8. The molecule has 1 fully saturated rings. The number of aliphatic hydroxyl groups excluding tert-OH is 2. The molecule has 35 heavy (non-hydrogen) atoms. The van der Waals surface area contributed by atoms with Crippen LogP contribution in [0.4, 0.5) is 0 Å². The summed E-state index contributed by atoms with van der Waals surface area (Å²) in [7, 11) is 1.34. The standard InChI is InChI=1S/C25H26O10/c1-6-12(26)18(28)15-11-7-8(2)33-21-14(11)13(19(15)29)9(3)17(27)16-22(21)35-24-25(16,31)23(30)20(32-5)10(4)34-24/h7,10,12,20,23-24,26,30-31H,6H2,1-5H3/t10-,12-,20-,23-,24+,25-/m1/s1. The van der Waals surface area contributed by atoms with Gasteiger partial charge < -0.3 is 34.3 Å². The molecule has 0 radical (unpaired) electrons. The molecule has 1 aromatic carbocycles. The first-order chi connectivity index (χ1) is 16.5. The first-order valence-electron chi connectivity index (χ1n) is 11.4. The van der Waals surface area contributed by atoms with Crippen LogP contribution in [-0.2, 0) is 19.9 Å². The van der Waals surface area contributed by atoms with Crippen LogP contribution in [0.5, 0.6) is 11.5 Å². The zero-order chi connectivity index (χ0) is 25.6. The van der Waals surface area contributed by atoms with E-state index in [0.29, 0.717) is 0 Å². The van der Waals surface area contributed by atoms with Crippen molar-refractivity contribution < 1.29 is 43.9 Å². The monoisotopic (exact) mass is 486 g/mol. The topological polar surface area (TPSA) is 149 Å². The lowest BCUT2D eigenvalue weighted by molar-refractivity contribution is -0.310. The number of Topliss-reactive ketones (excluding diaryl/α,β-unsaturated/α-hetero) is 2. The average molecular weight is 486 g/mol. The van der Waals surface area contributed by atoms with Gasteiger partial charge in [0.2, 0.25) is 6.29 Å². The van der Waals surface area contributed by atoms with Crippen molar-refractivity contribution in [3.63, 3.8) is 0 Å². The van der Waals surface area contributed by atoms with Crippen molar-refractivity contribution in [1.82, 2.24) is 0 Å². The molecule has 10 heteroatoms. The SMILES string of the molecule is CC[C@@H](O)C(=O)C1=C2C=C(C)Oc3c4c(c(=O)c(C)c(c32)C1=O)[C@]1(O)[C@H](O4)O[C@H](C)[C@@H](OC)[C@H]1O. The lowest BCUT2D eigenvalue weighted by Gasteiger charge is -2.44. The number of hydrogen-bond donors (Lipinski definition) is 3. The highest BCUT2D eigenvalue weighted by atomic mass is 16.7. The quantitative estimate of drug-likeness (QED) is 0.518. The van der Waals surface area contributed by atoms with Crippen molar-refractivity contribution in [2.24, 2.45) is 0 Å². The van der Waals surface area contributed by atoms with Crippen LogP contribution in [0.15, 0.2) is 22.2 Å². The summed E-state index contributed by atoms with van der Waals surface area (Å²) in [5, 5.41) is 33.0. The van der Waals surface area contributed by atoms with Crippen molar-refractivity contribution in [3.05, 3.63) is 49.9 Å². The largest absolute Gasteiger partial charge is 0.457 e.